The summed E-state index contributed by atoms with van der Waals surface area (Å²) in [6.07, 6.45) is 0. The first-order valence-corrected chi connectivity index (χ1v) is 6.68. The lowest BCUT2D eigenvalue weighted by atomic mass is 10.1. The van der Waals surface area contributed by atoms with Gasteiger partial charge in [0.05, 0.1) is 0 Å². The van der Waals surface area contributed by atoms with E-state index in [0.29, 0.717) is 16.7 Å². The molecule has 0 aliphatic carbocycles. The largest absolute Gasteiger partial charge is 0.508 e. The van der Waals surface area contributed by atoms with Crippen LogP contribution in [0.25, 0.3) is 11.0 Å². The van der Waals surface area contributed by atoms with Crippen LogP contribution in [0.1, 0.15) is 15.9 Å². The minimum absolute atomic E-state index is 0.0336. The lowest BCUT2D eigenvalue weighted by Crippen LogP contribution is -2.20. The highest BCUT2D eigenvalue weighted by molar-refractivity contribution is 6.05. The van der Waals surface area contributed by atoms with Crippen molar-refractivity contribution in [1.29, 1.82) is 0 Å². The number of phenolic OH excluding ortho intramolecular Hbond substituents is 1. The highest BCUT2D eigenvalue weighted by Gasteiger charge is 2.14. The third-order valence-electron chi connectivity index (χ3n) is 3.27. The third kappa shape index (κ3) is 2.69. The fourth-order valence-corrected chi connectivity index (χ4v) is 2.10. The number of benzene rings is 2. The van der Waals surface area contributed by atoms with Gasteiger partial charge in [0.1, 0.15) is 16.9 Å². The average Bonchev–Trinajstić information content (AvgIpc) is 2.49. The van der Waals surface area contributed by atoms with Crippen molar-refractivity contribution in [3.8, 4) is 5.75 Å². The minimum atomic E-state index is -0.720. The first kappa shape index (κ1) is 13.9. The topological polar surface area (TPSA) is 79.5 Å². The number of fused-ring (bicyclic) bond motifs is 1. The van der Waals surface area contributed by atoms with E-state index in [0.717, 1.165) is 5.56 Å². The zero-order valence-electron chi connectivity index (χ0n) is 11.8. The molecule has 0 radical (unpaired) electrons. The summed E-state index contributed by atoms with van der Waals surface area (Å²) in [5, 5.41) is 12.6. The first-order chi connectivity index (χ1) is 10.5. The lowest BCUT2D eigenvalue weighted by Gasteiger charge is -2.05. The number of phenols is 1. The van der Waals surface area contributed by atoms with E-state index in [4.69, 9.17) is 4.42 Å². The summed E-state index contributed by atoms with van der Waals surface area (Å²) in [5.74, 6) is -0.519. The molecule has 1 amide bonds. The number of carbonyl (C=O) groups excluding carboxylic acids is 1. The fraction of sp³-hybridized carbons (Fsp3) is 0.0588. The molecule has 1 heterocycles. The van der Waals surface area contributed by atoms with Crippen LogP contribution in [0, 0.1) is 6.92 Å². The molecule has 0 fully saturated rings. The maximum absolute atomic E-state index is 12.2. The monoisotopic (exact) mass is 295 g/mol. The van der Waals surface area contributed by atoms with Crippen LogP contribution in [0.15, 0.2) is 57.7 Å². The maximum atomic E-state index is 12.2. The molecule has 2 aromatic carbocycles. The molecular weight excluding hydrogens is 282 g/mol. The second-order valence-electron chi connectivity index (χ2n) is 4.99. The lowest BCUT2D eigenvalue weighted by molar-refractivity contribution is 0.102. The van der Waals surface area contributed by atoms with Crippen molar-refractivity contribution < 1.29 is 14.3 Å². The Labute approximate surface area is 125 Å². The Balaban J connectivity index is 1.98. The van der Waals surface area contributed by atoms with Gasteiger partial charge in [0.2, 0.25) is 0 Å². The molecule has 22 heavy (non-hydrogen) atoms. The van der Waals surface area contributed by atoms with Crippen LogP contribution in [0.5, 0.6) is 5.75 Å². The van der Waals surface area contributed by atoms with Crippen LogP contribution in [-0.4, -0.2) is 11.0 Å². The van der Waals surface area contributed by atoms with Crippen molar-refractivity contribution in [2.24, 2.45) is 0 Å². The van der Waals surface area contributed by atoms with Crippen LogP contribution in [0.2, 0.25) is 0 Å². The molecule has 0 saturated carbocycles. The quantitative estimate of drug-likeness (QED) is 0.712. The van der Waals surface area contributed by atoms with Crippen LogP contribution in [0.3, 0.4) is 0 Å². The van der Waals surface area contributed by atoms with Gasteiger partial charge in [-0.3, -0.25) is 4.79 Å². The van der Waals surface area contributed by atoms with Gasteiger partial charge in [-0.15, -0.1) is 0 Å². The number of carbonyl (C=O) groups is 1. The Kier molecular flexibility index (Phi) is 3.39. The highest BCUT2D eigenvalue weighted by atomic mass is 16.4. The normalized spacial score (nSPS) is 10.6. The van der Waals surface area contributed by atoms with Gasteiger partial charge in [-0.1, -0.05) is 17.7 Å². The van der Waals surface area contributed by atoms with Gasteiger partial charge in [-0.25, -0.2) is 4.79 Å². The van der Waals surface area contributed by atoms with Crippen LogP contribution in [0.4, 0.5) is 5.69 Å². The van der Waals surface area contributed by atoms with Crippen molar-refractivity contribution in [1.82, 2.24) is 0 Å². The molecule has 5 heteroatoms. The zero-order valence-corrected chi connectivity index (χ0v) is 11.8. The molecule has 0 spiro atoms. The summed E-state index contributed by atoms with van der Waals surface area (Å²) < 4.78 is 5.10. The Morgan fingerprint density at radius 2 is 1.82 bits per heavy atom. The molecule has 0 saturated heterocycles. The van der Waals surface area contributed by atoms with E-state index >= 15 is 0 Å². The molecule has 1 aromatic heterocycles. The Morgan fingerprint density at radius 1 is 1.09 bits per heavy atom. The Morgan fingerprint density at radius 3 is 2.55 bits per heavy atom. The van der Waals surface area contributed by atoms with Crippen molar-refractivity contribution in [2.45, 2.75) is 6.92 Å². The molecule has 3 rings (SSSR count). The fourth-order valence-electron chi connectivity index (χ4n) is 2.10. The summed E-state index contributed by atoms with van der Waals surface area (Å²) in [5.41, 5.74) is 1.14. The Bertz CT molecular complexity index is 910. The molecule has 2 N–H and O–H groups in total. The smallest absolute Gasteiger partial charge is 0.349 e. The van der Waals surface area contributed by atoms with E-state index in [1.165, 1.54) is 24.3 Å². The van der Waals surface area contributed by atoms with E-state index in [1.54, 1.807) is 12.1 Å². The second-order valence-corrected chi connectivity index (χ2v) is 4.99. The van der Waals surface area contributed by atoms with Gasteiger partial charge < -0.3 is 14.8 Å². The number of nitrogens with one attached hydrogen (secondary N) is 1. The predicted molar refractivity (Wildman–Crippen MR) is 83.3 cm³/mol. The molecule has 0 bridgehead atoms. The minimum Gasteiger partial charge on any atom is -0.508 e. The molecule has 3 aromatic rings. The van der Waals surface area contributed by atoms with Crippen molar-refractivity contribution in [3.05, 3.63) is 70.1 Å². The second kappa shape index (κ2) is 5.37. The summed E-state index contributed by atoms with van der Waals surface area (Å²) in [4.78, 5) is 24.1. The Hall–Kier alpha value is -3.08. The van der Waals surface area contributed by atoms with Gasteiger partial charge in [-0.2, -0.15) is 0 Å². The average molecular weight is 295 g/mol. The molecular formula is C17H13NO4. The predicted octanol–water partition coefficient (Wildman–Crippen LogP) is 3.06. The maximum Gasteiger partial charge on any atom is 0.349 e. The number of aromatic hydroxyl groups is 1. The molecule has 5 nitrogen and oxygen atoms in total. The summed E-state index contributed by atoms with van der Waals surface area (Å²) >= 11 is 0. The van der Waals surface area contributed by atoms with E-state index in [1.807, 2.05) is 19.1 Å². The van der Waals surface area contributed by atoms with Gasteiger partial charge in [0.15, 0.2) is 0 Å². The van der Waals surface area contributed by atoms with Crippen LogP contribution >= 0.6 is 0 Å². The van der Waals surface area contributed by atoms with Gasteiger partial charge in [0, 0.05) is 11.1 Å². The number of rotatable bonds is 2. The third-order valence-corrected chi connectivity index (χ3v) is 3.27. The molecule has 0 aliphatic heterocycles. The summed E-state index contributed by atoms with van der Waals surface area (Å²) in [6.45, 7) is 1.94. The summed E-state index contributed by atoms with van der Waals surface area (Å²) in [6, 6.07) is 13.0. The van der Waals surface area contributed by atoms with Crippen LogP contribution < -0.4 is 10.9 Å². The molecule has 0 atom stereocenters. The van der Waals surface area contributed by atoms with Crippen molar-refractivity contribution >= 4 is 22.6 Å². The number of anilines is 1. The van der Waals surface area contributed by atoms with E-state index in [2.05, 4.69) is 5.32 Å². The number of amides is 1. The van der Waals surface area contributed by atoms with Crippen molar-refractivity contribution in [3.63, 3.8) is 0 Å². The standard InChI is InChI=1S/C17H13NO4/c1-10-2-4-12(5-3-10)18-16(20)14-9-11-8-13(19)6-7-15(11)22-17(14)21/h2-9,19H,1H3,(H,18,20). The first-order valence-electron chi connectivity index (χ1n) is 6.68. The molecule has 110 valence electrons. The van der Waals surface area contributed by atoms with Gasteiger partial charge in [0.25, 0.3) is 5.91 Å². The van der Waals surface area contributed by atoms with Gasteiger partial charge >= 0.3 is 5.63 Å². The SMILES string of the molecule is Cc1ccc(NC(=O)c2cc3cc(O)ccc3oc2=O)cc1. The van der Waals surface area contributed by atoms with E-state index in [-0.39, 0.29) is 11.3 Å². The molecule has 0 unspecified atom stereocenters. The van der Waals surface area contributed by atoms with E-state index < -0.39 is 11.5 Å². The van der Waals surface area contributed by atoms with Crippen LogP contribution in [-0.2, 0) is 0 Å². The van der Waals surface area contributed by atoms with Crippen molar-refractivity contribution in [2.75, 3.05) is 5.32 Å². The van der Waals surface area contributed by atoms with E-state index in [9.17, 15) is 14.7 Å². The zero-order chi connectivity index (χ0) is 15.7. The molecule has 0 aliphatic rings. The summed E-state index contributed by atoms with van der Waals surface area (Å²) in [7, 11) is 0. The number of hydrogen-bond donors (Lipinski definition) is 2. The van der Waals surface area contributed by atoms with Gasteiger partial charge in [-0.05, 0) is 43.3 Å². The highest BCUT2D eigenvalue weighted by Crippen LogP contribution is 2.19. The number of aryl methyl sites for hydroxylation is 1. The number of hydrogen-bond acceptors (Lipinski definition) is 4.